The van der Waals surface area contributed by atoms with Crippen molar-refractivity contribution in [3.8, 4) is 5.75 Å². The first-order valence-corrected chi connectivity index (χ1v) is 6.23. The molecule has 5 nitrogen and oxygen atoms in total. The van der Waals surface area contributed by atoms with Crippen LogP contribution in [0.4, 0.5) is 10.8 Å². The van der Waals surface area contributed by atoms with Crippen molar-refractivity contribution in [1.82, 2.24) is 4.98 Å². The first-order chi connectivity index (χ1) is 8.78. The second-order valence-corrected chi connectivity index (χ2v) is 4.36. The summed E-state index contributed by atoms with van der Waals surface area (Å²) in [6.45, 7) is 0.194. The molecular formula is C12H13N3O2S. The van der Waals surface area contributed by atoms with Crippen LogP contribution in [0.1, 0.15) is 0 Å². The molecule has 2 N–H and O–H groups in total. The first kappa shape index (κ1) is 12.4. The summed E-state index contributed by atoms with van der Waals surface area (Å²) in [5.41, 5.74) is 0.738. The number of hydrogen-bond donors (Lipinski definition) is 2. The molecule has 0 radical (unpaired) electrons. The van der Waals surface area contributed by atoms with Crippen LogP contribution in [-0.2, 0) is 4.79 Å². The van der Waals surface area contributed by atoms with Gasteiger partial charge in [-0.3, -0.25) is 4.79 Å². The Bertz CT molecular complexity index is 497. The van der Waals surface area contributed by atoms with Gasteiger partial charge in [-0.1, -0.05) is 0 Å². The summed E-state index contributed by atoms with van der Waals surface area (Å²) in [6, 6.07) is 7.17. The number of nitrogens with one attached hydrogen (secondary N) is 2. The van der Waals surface area contributed by atoms with E-state index in [1.54, 1.807) is 37.6 Å². The molecule has 18 heavy (non-hydrogen) atoms. The normalized spacial score (nSPS) is 9.83. The van der Waals surface area contributed by atoms with E-state index in [9.17, 15) is 4.79 Å². The van der Waals surface area contributed by atoms with Crippen LogP contribution in [0.2, 0.25) is 0 Å². The number of ether oxygens (including phenoxy) is 1. The lowest BCUT2D eigenvalue weighted by Gasteiger charge is -2.06. The molecule has 1 aromatic carbocycles. The third kappa shape index (κ3) is 3.46. The average Bonchev–Trinajstić information content (AvgIpc) is 2.90. The minimum absolute atomic E-state index is 0.115. The molecular weight excluding hydrogens is 250 g/mol. The van der Waals surface area contributed by atoms with Gasteiger partial charge in [0.15, 0.2) is 5.13 Å². The highest BCUT2D eigenvalue weighted by Crippen LogP contribution is 2.15. The Hall–Kier alpha value is -2.08. The monoisotopic (exact) mass is 263 g/mol. The van der Waals surface area contributed by atoms with Crippen molar-refractivity contribution in [3.63, 3.8) is 0 Å². The number of methoxy groups -OCH3 is 1. The highest BCUT2D eigenvalue weighted by Gasteiger charge is 2.03. The molecule has 1 aromatic heterocycles. The molecule has 0 bridgehead atoms. The third-order valence-electron chi connectivity index (χ3n) is 2.21. The molecule has 0 aliphatic heterocycles. The molecule has 0 saturated carbocycles. The maximum absolute atomic E-state index is 11.6. The van der Waals surface area contributed by atoms with Gasteiger partial charge in [0.25, 0.3) is 0 Å². The summed E-state index contributed by atoms with van der Waals surface area (Å²) in [6.07, 6.45) is 1.69. The van der Waals surface area contributed by atoms with Crippen molar-refractivity contribution in [2.45, 2.75) is 0 Å². The molecule has 6 heteroatoms. The number of aromatic nitrogens is 1. The number of amides is 1. The first-order valence-electron chi connectivity index (χ1n) is 5.35. The Balaban J connectivity index is 1.83. The molecule has 0 unspecified atom stereocenters. The molecule has 2 aromatic rings. The van der Waals surface area contributed by atoms with E-state index in [0.717, 1.165) is 16.6 Å². The second kappa shape index (κ2) is 6.02. The fourth-order valence-corrected chi connectivity index (χ4v) is 1.87. The van der Waals surface area contributed by atoms with Gasteiger partial charge in [0.05, 0.1) is 13.7 Å². The van der Waals surface area contributed by atoms with Gasteiger partial charge in [-0.25, -0.2) is 4.98 Å². The molecule has 0 atom stereocenters. The number of carbonyl (C=O) groups is 1. The average molecular weight is 263 g/mol. The zero-order valence-electron chi connectivity index (χ0n) is 9.84. The SMILES string of the molecule is COc1ccc(NC(=O)CNc2nccs2)cc1. The topological polar surface area (TPSA) is 63.2 Å². The van der Waals surface area contributed by atoms with Gasteiger partial charge < -0.3 is 15.4 Å². The smallest absolute Gasteiger partial charge is 0.243 e. The van der Waals surface area contributed by atoms with Crippen LogP contribution in [0.25, 0.3) is 0 Å². The highest BCUT2D eigenvalue weighted by atomic mass is 32.1. The summed E-state index contributed by atoms with van der Waals surface area (Å²) in [5.74, 6) is 0.643. The minimum atomic E-state index is -0.115. The molecule has 94 valence electrons. The predicted molar refractivity (Wildman–Crippen MR) is 72.2 cm³/mol. The Morgan fingerprint density at radius 3 is 2.78 bits per heavy atom. The molecule has 0 spiro atoms. The van der Waals surface area contributed by atoms with Crippen molar-refractivity contribution < 1.29 is 9.53 Å². The summed E-state index contributed by atoms with van der Waals surface area (Å²) in [4.78, 5) is 15.7. The molecule has 1 heterocycles. The van der Waals surface area contributed by atoms with Crippen molar-refractivity contribution >= 4 is 28.1 Å². The van der Waals surface area contributed by atoms with Crippen molar-refractivity contribution in [2.24, 2.45) is 0 Å². The fourth-order valence-electron chi connectivity index (χ4n) is 1.35. The van der Waals surface area contributed by atoms with Crippen LogP contribution in [0, 0.1) is 0 Å². The fraction of sp³-hybridized carbons (Fsp3) is 0.167. The molecule has 2 rings (SSSR count). The van der Waals surface area contributed by atoms with E-state index in [2.05, 4.69) is 15.6 Å². The summed E-state index contributed by atoms with van der Waals surface area (Å²) in [5, 5.41) is 8.30. The minimum Gasteiger partial charge on any atom is -0.497 e. The number of anilines is 2. The van der Waals surface area contributed by atoms with Crippen LogP contribution < -0.4 is 15.4 Å². The van der Waals surface area contributed by atoms with E-state index in [1.165, 1.54) is 11.3 Å². The number of rotatable bonds is 5. The third-order valence-corrected chi connectivity index (χ3v) is 2.94. The molecule has 0 aliphatic carbocycles. The summed E-state index contributed by atoms with van der Waals surface area (Å²) >= 11 is 1.46. The Morgan fingerprint density at radius 2 is 2.17 bits per heavy atom. The number of nitrogens with zero attached hydrogens (tertiary/aromatic N) is 1. The quantitative estimate of drug-likeness (QED) is 0.868. The highest BCUT2D eigenvalue weighted by molar-refractivity contribution is 7.13. The Kier molecular flexibility index (Phi) is 4.14. The predicted octanol–water partition coefficient (Wildman–Crippen LogP) is 2.20. The van der Waals surface area contributed by atoms with E-state index >= 15 is 0 Å². The van der Waals surface area contributed by atoms with Gasteiger partial charge >= 0.3 is 0 Å². The molecule has 0 fully saturated rings. The lowest BCUT2D eigenvalue weighted by Crippen LogP contribution is -2.21. The van der Waals surface area contributed by atoms with E-state index in [1.807, 2.05) is 5.38 Å². The zero-order valence-corrected chi connectivity index (χ0v) is 10.7. The molecule has 0 aliphatic rings. The van der Waals surface area contributed by atoms with E-state index < -0.39 is 0 Å². The van der Waals surface area contributed by atoms with Gasteiger partial charge in [-0.05, 0) is 24.3 Å². The Morgan fingerprint density at radius 1 is 1.39 bits per heavy atom. The summed E-state index contributed by atoms with van der Waals surface area (Å²) < 4.78 is 5.04. The van der Waals surface area contributed by atoms with Gasteiger partial charge in [0.1, 0.15) is 5.75 Å². The van der Waals surface area contributed by atoms with Gasteiger partial charge in [0.2, 0.25) is 5.91 Å². The maximum atomic E-state index is 11.6. The standard InChI is InChI=1S/C12H13N3O2S/c1-17-10-4-2-9(3-5-10)15-11(16)8-14-12-13-6-7-18-12/h2-7H,8H2,1H3,(H,13,14)(H,15,16). The van der Waals surface area contributed by atoms with Gasteiger partial charge in [-0.2, -0.15) is 0 Å². The zero-order chi connectivity index (χ0) is 12.8. The Labute approximate surface area is 109 Å². The lowest BCUT2D eigenvalue weighted by atomic mass is 10.3. The van der Waals surface area contributed by atoms with Crippen molar-refractivity contribution in [1.29, 1.82) is 0 Å². The number of hydrogen-bond acceptors (Lipinski definition) is 5. The maximum Gasteiger partial charge on any atom is 0.243 e. The largest absolute Gasteiger partial charge is 0.497 e. The van der Waals surface area contributed by atoms with E-state index in [4.69, 9.17) is 4.74 Å². The van der Waals surface area contributed by atoms with Crippen LogP contribution >= 0.6 is 11.3 Å². The summed E-state index contributed by atoms with van der Waals surface area (Å²) in [7, 11) is 1.60. The lowest BCUT2D eigenvalue weighted by molar-refractivity contribution is -0.114. The van der Waals surface area contributed by atoms with Crippen LogP contribution in [0.3, 0.4) is 0 Å². The van der Waals surface area contributed by atoms with Crippen LogP contribution in [0.5, 0.6) is 5.75 Å². The second-order valence-electron chi connectivity index (χ2n) is 3.47. The van der Waals surface area contributed by atoms with E-state index in [-0.39, 0.29) is 12.5 Å². The van der Waals surface area contributed by atoms with Crippen LogP contribution in [-0.4, -0.2) is 24.5 Å². The number of thiazole rings is 1. The van der Waals surface area contributed by atoms with Crippen molar-refractivity contribution in [2.75, 3.05) is 24.3 Å². The number of benzene rings is 1. The van der Waals surface area contributed by atoms with Crippen molar-refractivity contribution in [3.05, 3.63) is 35.8 Å². The molecule has 0 saturated heterocycles. The number of carbonyl (C=O) groups excluding carboxylic acids is 1. The van der Waals surface area contributed by atoms with Gasteiger partial charge in [0, 0.05) is 17.3 Å². The van der Waals surface area contributed by atoms with E-state index in [0.29, 0.717) is 0 Å². The molecule has 1 amide bonds. The van der Waals surface area contributed by atoms with Crippen LogP contribution in [0.15, 0.2) is 35.8 Å². The van der Waals surface area contributed by atoms with Gasteiger partial charge in [-0.15, -0.1) is 11.3 Å².